The highest BCUT2D eigenvalue weighted by Gasteiger charge is 2.04. The first kappa shape index (κ1) is 8.61. The molecule has 0 bridgehead atoms. The Labute approximate surface area is 80.0 Å². The first-order valence-electron chi connectivity index (χ1n) is 4.13. The van der Waals surface area contributed by atoms with Crippen molar-refractivity contribution < 1.29 is 4.79 Å². The molecule has 2 aromatic heterocycles. The molecule has 0 atom stereocenters. The fraction of sp³-hybridized carbons (Fsp3) is 0.250. The molecule has 0 fully saturated rings. The highest BCUT2D eigenvalue weighted by atomic mass is 16.1. The Bertz CT molecular complexity index is 430. The molecule has 0 saturated carbocycles. The van der Waals surface area contributed by atoms with E-state index >= 15 is 0 Å². The molecule has 72 valence electrons. The van der Waals surface area contributed by atoms with Crippen LogP contribution in [-0.4, -0.2) is 30.7 Å². The highest BCUT2D eigenvalue weighted by Crippen LogP contribution is 2.00. The molecule has 0 aliphatic carbocycles. The van der Waals surface area contributed by atoms with Crippen LogP contribution in [0.3, 0.4) is 0 Å². The van der Waals surface area contributed by atoms with Crippen LogP contribution < -0.4 is 0 Å². The van der Waals surface area contributed by atoms with E-state index in [9.17, 15) is 4.79 Å². The summed E-state index contributed by atoms with van der Waals surface area (Å²) in [5.41, 5.74) is 0.601. The van der Waals surface area contributed by atoms with Gasteiger partial charge in [0.15, 0.2) is 5.78 Å². The summed E-state index contributed by atoms with van der Waals surface area (Å²) >= 11 is 0. The minimum absolute atomic E-state index is 0.00817. The molecule has 6 heteroatoms. The molecule has 2 rings (SSSR count). The van der Waals surface area contributed by atoms with Crippen LogP contribution in [0.25, 0.3) is 0 Å². The fourth-order valence-electron chi connectivity index (χ4n) is 1.09. The van der Waals surface area contributed by atoms with E-state index in [1.165, 1.54) is 13.3 Å². The van der Waals surface area contributed by atoms with Crippen molar-refractivity contribution in [3.63, 3.8) is 0 Å². The Balaban J connectivity index is 2.14. The molecule has 14 heavy (non-hydrogen) atoms. The third-order valence-electron chi connectivity index (χ3n) is 1.82. The lowest BCUT2D eigenvalue weighted by molar-refractivity contribution is 0.101. The van der Waals surface area contributed by atoms with E-state index in [2.05, 4.69) is 20.3 Å². The van der Waals surface area contributed by atoms with E-state index in [1.807, 2.05) is 0 Å². The maximum Gasteiger partial charge on any atom is 0.162 e. The van der Waals surface area contributed by atoms with Gasteiger partial charge < -0.3 is 0 Å². The van der Waals surface area contributed by atoms with Gasteiger partial charge in [-0.15, -0.1) is 0 Å². The van der Waals surface area contributed by atoms with Crippen LogP contribution in [-0.2, 0) is 6.54 Å². The van der Waals surface area contributed by atoms with Gasteiger partial charge in [0.05, 0.1) is 11.8 Å². The number of Topliss-reactive ketones (excluding diaryl/α,β-unsaturated/α-hetero) is 1. The first-order chi connectivity index (χ1) is 6.75. The molecule has 0 aliphatic rings. The number of nitrogens with one attached hydrogen (secondary N) is 1. The topological polar surface area (TPSA) is 76.5 Å². The second-order valence-corrected chi connectivity index (χ2v) is 2.91. The highest BCUT2D eigenvalue weighted by molar-refractivity contribution is 5.93. The number of hydrogen-bond donors (Lipinski definition) is 1. The van der Waals surface area contributed by atoms with Crippen molar-refractivity contribution in [2.24, 2.45) is 0 Å². The minimum atomic E-state index is 0.00817. The van der Waals surface area contributed by atoms with Crippen molar-refractivity contribution in [3.8, 4) is 0 Å². The van der Waals surface area contributed by atoms with Gasteiger partial charge in [-0.25, -0.2) is 4.98 Å². The van der Waals surface area contributed by atoms with Gasteiger partial charge in [0.1, 0.15) is 18.7 Å². The number of hydrogen-bond acceptors (Lipinski definition) is 4. The Morgan fingerprint density at radius 2 is 2.50 bits per heavy atom. The number of H-pyrrole nitrogens is 1. The van der Waals surface area contributed by atoms with E-state index in [0.717, 1.165) is 0 Å². The molecule has 0 aromatic carbocycles. The maximum atomic E-state index is 11.0. The summed E-state index contributed by atoms with van der Waals surface area (Å²) in [7, 11) is 0. The molecule has 0 amide bonds. The molecule has 2 heterocycles. The zero-order valence-corrected chi connectivity index (χ0v) is 7.64. The third kappa shape index (κ3) is 1.68. The molecular weight excluding hydrogens is 182 g/mol. The summed E-state index contributed by atoms with van der Waals surface area (Å²) in [6.07, 6.45) is 4.66. The normalized spacial score (nSPS) is 10.4. The second kappa shape index (κ2) is 3.41. The van der Waals surface area contributed by atoms with E-state index in [0.29, 0.717) is 17.9 Å². The van der Waals surface area contributed by atoms with Gasteiger partial charge in [-0.1, -0.05) is 0 Å². The van der Waals surface area contributed by atoms with E-state index in [-0.39, 0.29) is 5.78 Å². The summed E-state index contributed by atoms with van der Waals surface area (Å²) in [6, 6.07) is 0. The summed E-state index contributed by atoms with van der Waals surface area (Å²) < 4.78 is 1.64. The molecular formula is C8H9N5O. The maximum absolute atomic E-state index is 11.0. The van der Waals surface area contributed by atoms with Gasteiger partial charge in [0, 0.05) is 6.20 Å². The zero-order chi connectivity index (χ0) is 9.97. The number of carbonyl (C=O) groups is 1. The Hall–Kier alpha value is -1.98. The summed E-state index contributed by atoms with van der Waals surface area (Å²) in [4.78, 5) is 14.9. The third-order valence-corrected chi connectivity index (χ3v) is 1.82. The smallest absolute Gasteiger partial charge is 0.162 e. The van der Waals surface area contributed by atoms with Crippen LogP contribution in [0.15, 0.2) is 18.7 Å². The predicted molar refractivity (Wildman–Crippen MR) is 47.7 cm³/mol. The monoisotopic (exact) mass is 191 g/mol. The first-order valence-corrected chi connectivity index (χ1v) is 4.13. The predicted octanol–water partition coefficient (Wildman–Crippen LogP) is 0.252. The van der Waals surface area contributed by atoms with Crippen molar-refractivity contribution in [2.75, 3.05) is 0 Å². The average molecular weight is 191 g/mol. The average Bonchev–Trinajstić information content (AvgIpc) is 2.75. The van der Waals surface area contributed by atoms with E-state index < -0.39 is 0 Å². The van der Waals surface area contributed by atoms with Crippen molar-refractivity contribution in [1.82, 2.24) is 25.0 Å². The van der Waals surface area contributed by atoms with Crippen LogP contribution in [0.1, 0.15) is 23.1 Å². The number of ketones is 1. The quantitative estimate of drug-likeness (QED) is 0.705. The number of carbonyl (C=O) groups excluding carboxylic acids is 1. The van der Waals surface area contributed by atoms with Crippen molar-refractivity contribution in [3.05, 3.63) is 30.1 Å². The van der Waals surface area contributed by atoms with Gasteiger partial charge in [0.25, 0.3) is 0 Å². The molecule has 2 aromatic rings. The van der Waals surface area contributed by atoms with Crippen molar-refractivity contribution >= 4 is 5.78 Å². The van der Waals surface area contributed by atoms with Gasteiger partial charge in [0.2, 0.25) is 0 Å². The van der Waals surface area contributed by atoms with E-state index in [4.69, 9.17) is 0 Å². The molecule has 6 nitrogen and oxygen atoms in total. The molecule has 0 saturated heterocycles. The second-order valence-electron chi connectivity index (χ2n) is 2.91. The lowest BCUT2D eigenvalue weighted by Crippen LogP contribution is -2.01. The number of rotatable bonds is 3. The summed E-state index contributed by atoms with van der Waals surface area (Å²) in [5.74, 6) is 0.719. The number of nitrogens with zero attached hydrogens (tertiary/aromatic N) is 4. The molecule has 1 N–H and O–H groups in total. The summed E-state index contributed by atoms with van der Waals surface area (Å²) in [5, 5.41) is 10.5. The minimum Gasteiger partial charge on any atom is -0.294 e. The van der Waals surface area contributed by atoms with E-state index in [1.54, 1.807) is 17.1 Å². The summed E-state index contributed by atoms with van der Waals surface area (Å²) in [6.45, 7) is 2.00. The fourth-order valence-corrected chi connectivity index (χ4v) is 1.09. The zero-order valence-electron chi connectivity index (χ0n) is 7.64. The van der Waals surface area contributed by atoms with Gasteiger partial charge in [-0.05, 0) is 6.92 Å². The molecule has 0 radical (unpaired) electrons. The molecule has 0 unspecified atom stereocenters. The van der Waals surface area contributed by atoms with Crippen LogP contribution in [0.5, 0.6) is 0 Å². The van der Waals surface area contributed by atoms with Crippen molar-refractivity contribution in [2.45, 2.75) is 13.5 Å². The van der Waals surface area contributed by atoms with Gasteiger partial charge >= 0.3 is 0 Å². The molecule has 0 aliphatic heterocycles. The van der Waals surface area contributed by atoms with Crippen molar-refractivity contribution in [1.29, 1.82) is 0 Å². The van der Waals surface area contributed by atoms with Gasteiger partial charge in [-0.2, -0.15) is 10.2 Å². The lowest BCUT2D eigenvalue weighted by atomic mass is 10.3. The molecule has 0 spiro atoms. The van der Waals surface area contributed by atoms with Crippen LogP contribution in [0.2, 0.25) is 0 Å². The van der Waals surface area contributed by atoms with Gasteiger partial charge in [-0.3, -0.25) is 14.6 Å². The largest absolute Gasteiger partial charge is 0.294 e. The van der Waals surface area contributed by atoms with Crippen LogP contribution >= 0.6 is 0 Å². The SMILES string of the molecule is CC(=O)c1cnn(Cc2ncn[nH]2)c1. The Morgan fingerprint density at radius 3 is 3.07 bits per heavy atom. The number of aromatic amines is 1. The standard InChI is InChI=1S/C8H9N5O/c1-6(14)7-2-11-13(3-7)4-8-9-5-10-12-8/h2-3,5H,4H2,1H3,(H,9,10,12). The lowest BCUT2D eigenvalue weighted by Gasteiger charge is -1.94. The Kier molecular flexibility index (Phi) is 2.10. The Morgan fingerprint density at radius 1 is 1.64 bits per heavy atom. The number of aromatic nitrogens is 5. The van der Waals surface area contributed by atoms with Crippen LogP contribution in [0.4, 0.5) is 0 Å². The van der Waals surface area contributed by atoms with Crippen LogP contribution in [0, 0.1) is 0 Å².